The molecule has 0 radical (unpaired) electrons. The van der Waals surface area contributed by atoms with Crippen LogP contribution in [-0.4, -0.2) is 27.8 Å². The van der Waals surface area contributed by atoms with Crippen LogP contribution >= 0.6 is 22.9 Å². The normalized spacial score (nSPS) is 11.7. The van der Waals surface area contributed by atoms with Gasteiger partial charge in [0.15, 0.2) is 0 Å². The summed E-state index contributed by atoms with van der Waals surface area (Å²) < 4.78 is 24.3. The van der Waals surface area contributed by atoms with Crippen LogP contribution in [0.3, 0.4) is 0 Å². The van der Waals surface area contributed by atoms with Gasteiger partial charge in [0.25, 0.3) is 0 Å². The lowest BCUT2D eigenvalue weighted by molar-refractivity contribution is 0.579. The fraction of sp³-hybridized carbons (Fsp3) is 0.333. The van der Waals surface area contributed by atoms with E-state index in [4.69, 9.17) is 11.6 Å². The van der Waals surface area contributed by atoms with Crippen LogP contribution in [0.25, 0.3) is 10.4 Å². The first-order valence-electron chi connectivity index (χ1n) is 6.94. The molecular weight excluding hydrogens is 340 g/mol. The van der Waals surface area contributed by atoms with Crippen molar-refractivity contribution in [1.82, 2.24) is 10.0 Å². The molecule has 2 aromatic rings. The molecule has 0 spiro atoms. The summed E-state index contributed by atoms with van der Waals surface area (Å²) in [4.78, 5) is 2.43. The molecule has 0 atom stereocenters. The fourth-order valence-corrected chi connectivity index (χ4v) is 3.63. The smallest absolute Gasteiger partial charge is 0.208 e. The Bertz CT molecular complexity index is 714. The lowest BCUT2D eigenvalue weighted by atomic mass is 10.2. The highest BCUT2D eigenvalue weighted by atomic mass is 35.5. The maximum atomic E-state index is 10.9. The van der Waals surface area contributed by atoms with Crippen molar-refractivity contribution < 1.29 is 8.42 Å². The van der Waals surface area contributed by atoms with Gasteiger partial charge in [0.1, 0.15) is 0 Å². The molecule has 2 rings (SSSR count). The second-order valence-corrected chi connectivity index (χ2v) is 8.41. The third-order valence-electron chi connectivity index (χ3n) is 2.96. The minimum atomic E-state index is -3.08. The molecule has 0 amide bonds. The molecule has 2 N–H and O–H groups in total. The summed E-state index contributed by atoms with van der Waals surface area (Å²) in [7, 11) is -3.08. The Kier molecular flexibility index (Phi) is 6.40. The number of hydrogen-bond acceptors (Lipinski definition) is 4. The Balaban J connectivity index is 1.76. The van der Waals surface area contributed by atoms with Gasteiger partial charge in [-0.1, -0.05) is 23.7 Å². The predicted molar refractivity (Wildman–Crippen MR) is 93.9 cm³/mol. The summed E-state index contributed by atoms with van der Waals surface area (Å²) >= 11 is 7.74. The Morgan fingerprint density at radius 2 is 2.00 bits per heavy atom. The third kappa shape index (κ3) is 6.06. The molecule has 120 valence electrons. The van der Waals surface area contributed by atoms with E-state index in [1.807, 2.05) is 24.3 Å². The molecule has 22 heavy (non-hydrogen) atoms. The van der Waals surface area contributed by atoms with Crippen LogP contribution in [0.2, 0.25) is 5.02 Å². The van der Waals surface area contributed by atoms with Crippen molar-refractivity contribution in [3.8, 4) is 10.4 Å². The Morgan fingerprint density at radius 3 is 2.73 bits per heavy atom. The van der Waals surface area contributed by atoms with E-state index in [9.17, 15) is 8.42 Å². The average Bonchev–Trinajstić information content (AvgIpc) is 2.90. The molecule has 0 unspecified atom stereocenters. The van der Waals surface area contributed by atoms with Crippen LogP contribution in [0.1, 0.15) is 11.3 Å². The molecule has 0 aliphatic carbocycles. The number of sulfonamides is 1. The van der Waals surface area contributed by atoms with Crippen LogP contribution in [0.4, 0.5) is 0 Å². The Labute approximate surface area is 140 Å². The van der Waals surface area contributed by atoms with Gasteiger partial charge in [0, 0.05) is 27.9 Å². The lowest BCUT2D eigenvalue weighted by Crippen LogP contribution is -2.26. The van der Waals surface area contributed by atoms with E-state index in [1.165, 1.54) is 16.0 Å². The van der Waals surface area contributed by atoms with Gasteiger partial charge in [0.05, 0.1) is 6.26 Å². The van der Waals surface area contributed by atoms with Gasteiger partial charge in [-0.25, -0.2) is 13.1 Å². The van der Waals surface area contributed by atoms with Gasteiger partial charge in [0.2, 0.25) is 10.0 Å². The largest absolute Gasteiger partial charge is 0.312 e. The van der Waals surface area contributed by atoms with Gasteiger partial charge in [-0.2, -0.15) is 0 Å². The Hall–Kier alpha value is -0.920. The van der Waals surface area contributed by atoms with E-state index in [2.05, 4.69) is 22.2 Å². The molecule has 0 aliphatic rings. The van der Waals surface area contributed by atoms with E-state index in [1.54, 1.807) is 11.3 Å². The molecule has 4 nitrogen and oxygen atoms in total. The van der Waals surface area contributed by atoms with Crippen LogP contribution in [0.15, 0.2) is 36.4 Å². The molecule has 1 heterocycles. The van der Waals surface area contributed by atoms with Gasteiger partial charge in [-0.05, 0) is 42.8 Å². The maximum absolute atomic E-state index is 10.9. The summed E-state index contributed by atoms with van der Waals surface area (Å²) in [5, 5.41) is 4.05. The van der Waals surface area contributed by atoms with Crippen molar-refractivity contribution in [1.29, 1.82) is 0 Å². The minimum absolute atomic E-state index is 0.462. The summed E-state index contributed by atoms with van der Waals surface area (Å²) in [6.07, 6.45) is 1.93. The molecule has 0 saturated carbocycles. The first kappa shape index (κ1) is 17.4. The van der Waals surface area contributed by atoms with Gasteiger partial charge < -0.3 is 5.32 Å². The fourth-order valence-electron chi connectivity index (χ4n) is 1.95. The van der Waals surface area contributed by atoms with E-state index in [0.717, 1.165) is 30.1 Å². The van der Waals surface area contributed by atoms with Crippen LogP contribution in [0, 0.1) is 0 Å². The lowest BCUT2D eigenvalue weighted by Gasteiger charge is -2.04. The summed E-state index contributed by atoms with van der Waals surface area (Å²) in [5.74, 6) is 0. The predicted octanol–water partition coefficient (Wildman–Crippen LogP) is 3.10. The van der Waals surface area contributed by atoms with Crippen molar-refractivity contribution in [2.24, 2.45) is 0 Å². The zero-order valence-electron chi connectivity index (χ0n) is 12.3. The zero-order valence-corrected chi connectivity index (χ0v) is 14.7. The molecule has 0 aliphatic heterocycles. The van der Waals surface area contributed by atoms with Crippen LogP contribution < -0.4 is 10.0 Å². The van der Waals surface area contributed by atoms with E-state index in [-0.39, 0.29) is 0 Å². The average molecular weight is 359 g/mol. The van der Waals surface area contributed by atoms with Gasteiger partial charge in [-0.15, -0.1) is 11.3 Å². The second-order valence-electron chi connectivity index (χ2n) is 4.97. The van der Waals surface area contributed by atoms with Crippen molar-refractivity contribution >= 4 is 33.0 Å². The first-order chi connectivity index (χ1) is 10.4. The molecule has 0 saturated heterocycles. The summed E-state index contributed by atoms with van der Waals surface area (Å²) in [6, 6.07) is 12.0. The molecule has 0 bridgehead atoms. The SMILES string of the molecule is CS(=O)(=O)NCCCNCc1ccc(-c2cccc(Cl)c2)s1. The van der Waals surface area contributed by atoms with E-state index in [0.29, 0.717) is 6.54 Å². The van der Waals surface area contributed by atoms with Crippen LogP contribution in [-0.2, 0) is 16.6 Å². The number of rotatable bonds is 8. The summed E-state index contributed by atoms with van der Waals surface area (Å²) in [5.41, 5.74) is 1.13. The highest BCUT2D eigenvalue weighted by molar-refractivity contribution is 7.88. The topological polar surface area (TPSA) is 58.2 Å². The monoisotopic (exact) mass is 358 g/mol. The van der Waals surface area contributed by atoms with Gasteiger partial charge >= 0.3 is 0 Å². The highest BCUT2D eigenvalue weighted by Gasteiger charge is 2.03. The quantitative estimate of drug-likeness (QED) is 0.713. The maximum Gasteiger partial charge on any atom is 0.208 e. The minimum Gasteiger partial charge on any atom is -0.312 e. The zero-order chi connectivity index (χ0) is 16.0. The molecule has 1 aromatic heterocycles. The second kappa shape index (κ2) is 8.08. The Morgan fingerprint density at radius 1 is 1.18 bits per heavy atom. The first-order valence-corrected chi connectivity index (χ1v) is 10.0. The number of nitrogens with one attached hydrogen (secondary N) is 2. The van der Waals surface area contributed by atoms with Crippen molar-refractivity contribution in [3.63, 3.8) is 0 Å². The van der Waals surface area contributed by atoms with Crippen molar-refractivity contribution in [2.45, 2.75) is 13.0 Å². The molecule has 1 aromatic carbocycles. The number of hydrogen-bond donors (Lipinski definition) is 2. The van der Waals surface area contributed by atoms with Crippen molar-refractivity contribution in [2.75, 3.05) is 19.3 Å². The van der Waals surface area contributed by atoms with Gasteiger partial charge in [-0.3, -0.25) is 0 Å². The molecule has 0 fully saturated rings. The highest BCUT2D eigenvalue weighted by Crippen LogP contribution is 2.29. The third-order valence-corrected chi connectivity index (χ3v) is 5.06. The number of benzene rings is 1. The van der Waals surface area contributed by atoms with E-state index >= 15 is 0 Å². The number of thiophene rings is 1. The van der Waals surface area contributed by atoms with E-state index < -0.39 is 10.0 Å². The standard InChI is InChI=1S/C15H19ClN2O2S2/c1-22(19,20)18-9-3-8-17-11-14-6-7-15(21-14)12-4-2-5-13(16)10-12/h2,4-7,10,17-18H,3,8-9,11H2,1H3. The number of halogens is 1. The van der Waals surface area contributed by atoms with Crippen molar-refractivity contribution in [3.05, 3.63) is 46.3 Å². The summed E-state index contributed by atoms with van der Waals surface area (Å²) in [6.45, 7) is 2.01. The molecular formula is C15H19ClN2O2S2. The van der Waals surface area contributed by atoms with Crippen LogP contribution in [0.5, 0.6) is 0 Å². The molecule has 7 heteroatoms.